The summed E-state index contributed by atoms with van der Waals surface area (Å²) in [5.41, 5.74) is 2.14. The molecule has 0 aliphatic rings. The Morgan fingerprint density at radius 1 is 0.933 bits per heavy atom. The van der Waals surface area contributed by atoms with Gasteiger partial charge in [-0.05, 0) is 0 Å². The molecule has 15 heavy (non-hydrogen) atoms. The third-order valence-corrected chi connectivity index (χ3v) is 2.26. The number of halogens is 1. The van der Waals surface area contributed by atoms with E-state index in [4.69, 9.17) is 0 Å². The van der Waals surface area contributed by atoms with Crippen molar-refractivity contribution < 1.29 is 18.9 Å². The molecule has 0 nitrogen and oxygen atoms in total. The Hall–Kier alpha value is -0.483. The normalized spacial score (nSPS) is 8.60. The van der Waals surface area contributed by atoms with Gasteiger partial charge < -0.3 is 7.43 Å². The Balaban J connectivity index is 0.000000980. The molecule has 0 aliphatic carbocycles. The Morgan fingerprint density at radius 3 is 2.27 bits per heavy atom. The van der Waals surface area contributed by atoms with Crippen LogP contribution in [0.4, 0.5) is 0 Å². The van der Waals surface area contributed by atoms with Crippen molar-refractivity contribution in [3.05, 3.63) is 66.5 Å². The summed E-state index contributed by atoms with van der Waals surface area (Å²) >= 11 is 3.43. The molecule has 0 N–H and O–H groups in total. The molecule has 2 aromatic rings. The van der Waals surface area contributed by atoms with Crippen LogP contribution >= 0.6 is 15.9 Å². The molecule has 0 heterocycles. The monoisotopic (exact) mass is 252 g/mol. The van der Waals surface area contributed by atoms with E-state index in [1.165, 1.54) is 0 Å². The standard InChI is InChI=1S/C12H7Br.CH3.Li/c13-12-8-4-7-11(9-12)10-5-2-1-3-6-10;;/h1-5,8-9H;1H3;/q-2;-1;+1. The fourth-order valence-corrected chi connectivity index (χ4v) is 1.52. The van der Waals surface area contributed by atoms with Crippen LogP contribution in [0.1, 0.15) is 0 Å². The summed E-state index contributed by atoms with van der Waals surface area (Å²) in [4.78, 5) is 0. The van der Waals surface area contributed by atoms with Crippen LogP contribution in [0.25, 0.3) is 11.1 Å². The van der Waals surface area contributed by atoms with Crippen LogP contribution < -0.4 is 18.9 Å². The number of benzene rings is 2. The summed E-state index contributed by atoms with van der Waals surface area (Å²) in [5.74, 6) is 0. The minimum atomic E-state index is 0. The van der Waals surface area contributed by atoms with E-state index in [1.54, 1.807) is 0 Å². The molecule has 0 unspecified atom stereocenters. The summed E-state index contributed by atoms with van der Waals surface area (Å²) in [6.07, 6.45) is 0. The van der Waals surface area contributed by atoms with Crippen LogP contribution in [0.3, 0.4) is 0 Å². The summed E-state index contributed by atoms with van der Waals surface area (Å²) in [6, 6.07) is 20.1. The van der Waals surface area contributed by atoms with E-state index in [1.807, 2.05) is 42.5 Å². The van der Waals surface area contributed by atoms with Crippen LogP contribution in [0, 0.1) is 19.6 Å². The first-order chi connectivity index (χ1) is 6.36. The van der Waals surface area contributed by atoms with Gasteiger partial charge in [0.25, 0.3) is 0 Å². The third-order valence-electron chi connectivity index (χ3n) is 1.76. The van der Waals surface area contributed by atoms with E-state index in [0.717, 1.165) is 15.6 Å². The van der Waals surface area contributed by atoms with Gasteiger partial charge in [-0.2, -0.15) is 42.5 Å². The van der Waals surface area contributed by atoms with Crippen molar-refractivity contribution in [3.63, 3.8) is 0 Å². The van der Waals surface area contributed by atoms with Gasteiger partial charge in [0.2, 0.25) is 0 Å². The van der Waals surface area contributed by atoms with E-state index < -0.39 is 0 Å². The maximum absolute atomic E-state index is 3.43. The minimum absolute atomic E-state index is 0. The van der Waals surface area contributed by atoms with Crippen molar-refractivity contribution in [1.29, 1.82) is 0 Å². The fourth-order valence-electron chi connectivity index (χ4n) is 1.16. The molecular weight excluding hydrogens is 243 g/mol. The summed E-state index contributed by atoms with van der Waals surface area (Å²) < 4.78 is 1.07. The Kier molecular flexibility index (Phi) is 6.68. The average Bonchev–Trinajstić information content (AvgIpc) is 2.19. The first kappa shape index (κ1) is 14.5. The van der Waals surface area contributed by atoms with E-state index >= 15 is 0 Å². The molecule has 0 aliphatic heterocycles. The Bertz CT molecular complexity index is 398. The maximum Gasteiger partial charge on any atom is 1.00 e. The molecule has 0 saturated carbocycles. The van der Waals surface area contributed by atoms with Crippen molar-refractivity contribution in [2.24, 2.45) is 0 Å². The van der Waals surface area contributed by atoms with E-state index in [-0.39, 0.29) is 26.3 Å². The second-order valence-electron chi connectivity index (χ2n) is 2.70. The second-order valence-corrected chi connectivity index (χ2v) is 3.61. The molecular formula is C13H10BrLi-2. The third kappa shape index (κ3) is 3.87. The van der Waals surface area contributed by atoms with Gasteiger partial charge in [0, 0.05) is 0 Å². The molecule has 0 spiro atoms. The van der Waals surface area contributed by atoms with Gasteiger partial charge in [-0.25, -0.2) is 11.1 Å². The van der Waals surface area contributed by atoms with Crippen molar-refractivity contribution in [3.8, 4) is 11.1 Å². The Labute approximate surface area is 112 Å². The van der Waals surface area contributed by atoms with Gasteiger partial charge in [-0.15, -0.1) is 12.1 Å². The SMILES string of the molecule is Brc1cc[c-]c(-c2[c-]cccc2)c1.[CH3-].[Li+]. The predicted molar refractivity (Wildman–Crippen MR) is 63.7 cm³/mol. The molecule has 0 atom stereocenters. The smallest absolute Gasteiger partial charge is 0.358 e. The van der Waals surface area contributed by atoms with Gasteiger partial charge in [0.05, 0.1) is 0 Å². The van der Waals surface area contributed by atoms with E-state index in [9.17, 15) is 0 Å². The molecule has 0 aromatic heterocycles. The van der Waals surface area contributed by atoms with Crippen molar-refractivity contribution in [1.82, 2.24) is 0 Å². The fraction of sp³-hybridized carbons (Fsp3) is 0. The summed E-state index contributed by atoms with van der Waals surface area (Å²) in [7, 11) is 0. The average molecular weight is 253 g/mol. The van der Waals surface area contributed by atoms with Crippen molar-refractivity contribution >= 4 is 15.9 Å². The van der Waals surface area contributed by atoms with Crippen LogP contribution in [-0.2, 0) is 0 Å². The van der Waals surface area contributed by atoms with Gasteiger partial charge >= 0.3 is 18.9 Å². The van der Waals surface area contributed by atoms with Gasteiger partial charge in [0.1, 0.15) is 0 Å². The molecule has 0 fully saturated rings. The summed E-state index contributed by atoms with van der Waals surface area (Å²) in [5, 5.41) is 0. The molecule has 0 bridgehead atoms. The molecule has 2 rings (SSSR count). The first-order valence-electron chi connectivity index (χ1n) is 4.00. The topological polar surface area (TPSA) is 0 Å². The number of hydrogen-bond donors (Lipinski definition) is 0. The van der Waals surface area contributed by atoms with Crippen molar-refractivity contribution in [2.45, 2.75) is 0 Å². The van der Waals surface area contributed by atoms with Gasteiger partial charge in [-0.3, -0.25) is 0 Å². The number of hydrogen-bond acceptors (Lipinski definition) is 0. The molecule has 0 radical (unpaired) electrons. The van der Waals surface area contributed by atoms with E-state index in [0.29, 0.717) is 0 Å². The number of rotatable bonds is 1. The maximum atomic E-state index is 3.43. The predicted octanol–water partition coefficient (Wildman–Crippen LogP) is 1.17. The van der Waals surface area contributed by atoms with Crippen LogP contribution in [0.2, 0.25) is 0 Å². The zero-order chi connectivity index (χ0) is 9.10. The van der Waals surface area contributed by atoms with Crippen LogP contribution in [0.5, 0.6) is 0 Å². The quantitative estimate of drug-likeness (QED) is 0.528. The zero-order valence-electron chi connectivity index (χ0n) is 8.92. The Morgan fingerprint density at radius 2 is 1.67 bits per heavy atom. The van der Waals surface area contributed by atoms with Crippen LogP contribution in [0.15, 0.2) is 46.9 Å². The van der Waals surface area contributed by atoms with Gasteiger partial charge in [0.15, 0.2) is 0 Å². The molecule has 0 amide bonds. The molecule has 0 saturated heterocycles. The van der Waals surface area contributed by atoms with Crippen molar-refractivity contribution in [2.75, 3.05) is 0 Å². The molecule has 2 heteroatoms. The van der Waals surface area contributed by atoms with Gasteiger partial charge in [-0.1, -0.05) is 20.4 Å². The summed E-state index contributed by atoms with van der Waals surface area (Å²) in [6.45, 7) is 0. The molecule has 72 valence electrons. The van der Waals surface area contributed by atoms with Crippen LogP contribution in [-0.4, -0.2) is 0 Å². The van der Waals surface area contributed by atoms with E-state index in [2.05, 4.69) is 28.1 Å². The largest absolute Gasteiger partial charge is 1.00 e. The second kappa shape index (κ2) is 6.90. The minimum Gasteiger partial charge on any atom is -0.358 e. The zero-order valence-corrected chi connectivity index (χ0v) is 10.5. The molecule has 2 aromatic carbocycles. The first-order valence-corrected chi connectivity index (χ1v) is 4.80.